The van der Waals surface area contributed by atoms with E-state index in [2.05, 4.69) is 10.3 Å². The molecule has 28 heavy (non-hydrogen) atoms. The van der Waals surface area contributed by atoms with Crippen LogP contribution in [0.4, 0.5) is 23.2 Å². The molecule has 0 aliphatic heterocycles. The molecule has 0 spiro atoms. The van der Waals surface area contributed by atoms with E-state index in [0.29, 0.717) is 11.1 Å². The first-order valence-electron chi connectivity index (χ1n) is 8.41. The summed E-state index contributed by atoms with van der Waals surface area (Å²) in [6.07, 6.45) is -3.60. The van der Waals surface area contributed by atoms with Gasteiger partial charge in [0, 0.05) is 17.1 Å². The molecular weight excluding hydrogens is 376 g/mol. The topological polar surface area (TPSA) is 62.0 Å². The normalized spacial score (nSPS) is 11.8. The van der Waals surface area contributed by atoms with Crippen LogP contribution in [0.1, 0.15) is 41.3 Å². The van der Waals surface area contributed by atoms with Crippen LogP contribution in [0.15, 0.2) is 47.4 Å². The smallest absolute Gasteiger partial charge is 0.360 e. The molecule has 1 heterocycles. The number of H-pyrrole nitrogens is 1. The summed E-state index contributed by atoms with van der Waals surface area (Å²) in [5, 5.41) is 2.08. The van der Waals surface area contributed by atoms with E-state index in [4.69, 9.17) is 0 Å². The fraction of sp³-hybridized carbons (Fsp3) is 0.200. The van der Waals surface area contributed by atoms with Crippen molar-refractivity contribution in [2.24, 2.45) is 0 Å². The Bertz CT molecular complexity index is 1120. The molecule has 2 N–H and O–H groups in total. The van der Waals surface area contributed by atoms with Gasteiger partial charge in [0.15, 0.2) is 0 Å². The van der Waals surface area contributed by atoms with Gasteiger partial charge in [-0.15, -0.1) is 0 Å². The van der Waals surface area contributed by atoms with Crippen LogP contribution >= 0.6 is 0 Å². The second kappa shape index (κ2) is 7.10. The largest absolute Gasteiger partial charge is 0.418 e. The molecule has 4 nitrogen and oxygen atoms in total. The lowest BCUT2D eigenvalue weighted by molar-refractivity contribution is -0.137. The molecule has 0 aliphatic carbocycles. The van der Waals surface area contributed by atoms with E-state index in [0.717, 1.165) is 30.5 Å². The molecule has 0 saturated carbocycles. The van der Waals surface area contributed by atoms with Crippen molar-refractivity contribution in [2.45, 2.75) is 25.9 Å². The molecule has 146 valence electrons. The monoisotopic (exact) mass is 392 g/mol. The Labute approximate surface area is 157 Å². The molecule has 0 aliphatic rings. The van der Waals surface area contributed by atoms with Gasteiger partial charge < -0.3 is 10.3 Å². The zero-order valence-corrected chi connectivity index (χ0v) is 14.9. The van der Waals surface area contributed by atoms with Crippen LogP contribution in [0.3, 0.4) is 0 Å². The molecular formula is C20H16F4N2O2. The quantitative estimate of drug-likeness (QED) is 0.612. The first kappa shape index (κ1) is 19.6. The van der Waals surface area contributed by atoms with E-state index in [1.54, 1.807) is 13.8 Å². The molecule has 0 atom stereocenters. The Morgan fingerprint density at radius 3 is 2.46 bits per heavy atom. The first-order chi connectivity index (χ1) is 13.1. The van der Waals surface area contributed by atoms with Crippen molar-refractivity contribution in [3.63, 3.8) is 0 Å². The number of aromatic amines is 1. The molecule has 2 aromatic carbocycles. The van der Waals surface area contributed by atoms with Gasteiger partial charge >= 0.3 is 6.18 Å². The van der Waals surface area contributed by atoms with E-state index in [9.17, 15) is 27.2 Å². The number of nitrogens with one attached hydrogen (secondary N) is 2. The van der Waals surface area contributed by atoms with Gasteiger partial charge in [0.2, 0.25) is 5.43 Å². The molecule has 0 radical (unpaired) electrons. The summed E-state index contributed by atoms with van der Waals surface area (Å²) in [7, 11) is 0. The lowest BCUT2D eigenvalue weighted by atomic mass is 9.99. The summed E-state index contributed by atoms with van der Waals surface area (Å²) in [5.41, 5.74) is -1.89. The number of amides is 1. The summed E-state index contributed by atoms with van der Waals surface area (Å²) >= 11 is 0. The Morgan fingerprint density at radius 1 is 1.11 bits per heavy atom. The Hall–Kier alpha value is -3.16. The van der Waals surface area contributed by atoms with Crippen LogP contribution in [0.2, 0.25) is 0 Å². The number of rotatable bonds is 3. The van der Waals surface area contributed by atoms with Crippen molar-refractivity contribution in [3.8, 4) is 0 Å². The van der Waals surface area contributed by atoms with Gasteiger partial charge in [-0.25, -0.2) is 4.39 Å². The maximum Gasteiger partial charge on any atom is 0.418 e. The number of benzene rings is 2. The Morgan fingerprint density at radius 2 is 1.82 bits per heavy atom. The van der Waals surface area contributed by atoms with Crippen molar-refractivity contribution in [1.82, 2.24) is 4.98 Å². The first-order valence-corrected chi connectivity index (χ1v) is 8.41. The molecule has 1 amide bonds. The fourth-order valence-corrected chi connectivity index (χ4v) is 2.81. The summed E-state index contributed by atoms with van der Waals surface area (Å²) in [5.74, 6) is -1.82. The van der Waals surface area contributed by atoms with Crippen molar-refractivity contribution in [1.29, 1.82) is 0 Å². The molecule has 8 heteroatoms. The van der Waals surface area contributed by atoms with Crippen LogP contribution in [-0.2, 0) is 6.18 Å². The maximum atomic E-state index is 13.4. The average Bonchev–Trinajstić information content (AvgIpc) is 2.61. The molecule has 1 aromatic heterocycles. The highest BCUT2D eigenvalue weighted by Gasteiger charge is 2.34. The van der Waals surface area contributed by atoms with Crippen LogP contribution in [0.5, 0.6) is 0 Å². The minimum atomic E-state index is -4.69. The zero-order valence-electron chi connectivity index (χ0n) is 14.9. The van der Waals surface area contributed by atoms with Crippen LogP contribution in [0, 0.1) is 5.82 Å². The predicted molar refractivity (Wildman–Crippen MR) is 98.0 cm³/mol. The highest BCUT2D eigenvalue weighted by molar-refractivity contribution is 6.06. The van der Waals surface area contributed by atoms with Crippen LogP contribution < -0.4 is 10.7 Å². The second-order valence-corrected chi connectivity index (χ2v) is 6.63. The van der Waals surface area contributed by atoms with E-state index in [1.807, 2.05) is 0 Å². The molecule has 3 rings (SSSR count). The third kappa shape index (κ3) is 3.76. The van der Waals surface area contributed by atoms with Gasteiger partial charge in [-0.2, -0.15) is 13.2 Å². The highest BCUT2D eigenvalue weighted by atomic mass is 19.4. The number of carbonyl (C=O) groups excluding carboxylic acids is 1. The SMILES string of the molecule is CC(C)c1ccc(NC(=O)c2c[nH]c3ccc(F)cc3c2=O)c(C(F)(F)F)c1. The van der Waals surface area contributed by atoms with Crippen LogP contribution in [-0.4, -0.2) is 10.9 Å². The van der Waals surface area contributed by atoms with Crippen molar-refractivity contribution in [2.75, 3.05) is 5.32 Å². The minimum Gasteiger partial charge on any atom is -0.360 e. The number of aromatic nitrogens is 1. The van der Waals surface area contributed by atoms with Gasteiger partial charge in [-0.3, -0.25) is 9.59 Å². The van der Waals surface area contributed by atoms with Gasteiger partial charge in [0.05, 0.1) is 11.3 Å². The van der Waals surface area contributed by atoms with Gasteiger partial charge in [0.25, 0.3) is 5.91 Å². The Balaban J connectivity index is 2.03. The molecule has 3 aromatic rings. The van der Waals surface area contributed by atoms with Gasteiger partial charge in [-0.1, -0.05) is 19.9 Å². The average molecular weight is 392 g/mol. The number of carbonyl (C=O) groups is 1. The molecule has 0 bridgehead atoms. The second-order valence-electron chi connectivity index (χ2n) is 6.63. The summed E-state index contributed by atoms with van der Waals surface area (Å²) < 4.78 is 53.7. The Kier molecular flexibility index (Phi) is 4.97. The van der Waals surface area contributed by atoms with Crippen molar-refractivity contribution < 1.29 is 22.4 Å². The number of halogens is 4. The van der Waals surface area contributed by atoms with E-state index in [-0.39, 0.29) is 11.3 Å². The van der Waals surface area contributed by atoms with Crippen LogP contribution in [0.25, 0.3) is 10.9 Å². The third-order valence-electron chi connectivity index (χ3n) is 4.35. The van der Waals surface area contributed by atoms with Crippen molar-refractivity contribution in [3.05, 3.63) is 75.3 Å². The van der Waals surface area contributed by atoms with Gasteiger partial charge in [0.1, 0.15) is 11.4 Å². The molecule has 0 fully saturated rings. The van der Waals surface area contributed by atoms with Crippen molar-refractivity contribution >= 4 is 22.5 Å². The predicted octanol–water partition coefficient (Wildman–Crippen LogP) is 5.06. The van der Waals surface area contributed by atoms with E-state index < -0.39 is 40.1 Å². The number of hydrogen-bond acceptors (Lipinski definition) is 2. The number of anilines is 1. The summed E-state index contributed by atoms with van der Waals surface area (Å²) in [6.45, 7) is 3.50. The number of hydrogen-bond donors (Lipinski definition) is 2. The lowest BCUT2D eigenvalue weighted by Crippen LogP contribution is -2.23. The molecule has 0 unspecified atom stereocenters. The molecule has 0 saturated heterocycles. The number of fused-ring (bicyclic) bond motifs is 1. The highest BCUT2D eigenvalue weighted by Crippen LogP contribution is 2.36. The summed E-state index contributed by atoms with van der Waals surface area (Å²) in [6, 6.07) is 7.05. The number of alkyl halides is 3. The zero-order chi connectivity index (χ0) is 20.6. The maximum absolute atomic E-state index is 13.4. The fourth-order valence-electron chi connectivity index (χ4n) is 2.81. The number of pyridine rings is 1. The van der Waals surface area contributed by atoms with E-state index in [1.165, 1.54) is 12.1 Å². The van der Waals surface area contributed by atoms with E-state index >= 15 is 0 Å². The third-order valence-corrected chi connectivity index (χ3v) is 4.35. The minimum absolute atomic E-state index is 0.0705. The summed E-state index contributed by atoms with van der Waals surface area (Å²) in [4.78, 5) is 27.6. The lowest BCUT2D eigenvalue weighted by Gasteiger charge is -2.16. The standard InChI is InChI=1S/C20H16F4N2O2/c1-10(2)11-3-5-17(15(7-11)20(22,23)24)26-19(28)14-9-25-16-6-4-12(21)8-13(16)18(14)27/h3-10H,1-2H3,(H,25,27)(H,26,28). The van der Waals surface area contributed by atoms with Gasteiger partial charge in [-0.05, 0) is 41.8 Å².